The van der Waals surface area contributed by atoms with Crippen LogP contribution in [0.3, 0.4) is 0 Å². The monoisotopic (exact) mass is 331 g/mol. The molecule has 0 aliphatic carbocycles. The Morgan fingerprint density at radius 3 is 2.42 bits per heavy atom. The van der Waals surface area contributed by atoms with Gasteiger partial charge in [0.1, 0.15) is 0 Å². The zero-order valence-corrected chi connectivity index (χ0v) is 14.1. The van der Waals surface area contributed by atoms with Crippen molar-refractivity contribution in [1.82, 2.24) is 20.0 Å². The lowest BCUT2D eigenvalue weighted by molar-refractivity contribution is 0.0664. The lowest BCUT2D eigenvalue weighted by Crippen LogP contribution is -2.48. The van der Waals surface area contributed by atoms with Crippen molar-refractivity contribution in [2.45, 2.75) is 0 Å². The molecule has 3 amide bonds. The van der Waals surface area contributed by atoms with E-state index in [9.17, 15) is 9.59 Å². The molecular weight excluding hydrogens is 306 g/mol. The van der Waals surface area contributed by atoms with Crippen molar-refractivity contribution >= 4 is 17.6 Å². The molecule has 24 heavy (non-hydrogen) atoms. The van der Waals surface area contributed by atoms with Gasteiger partial charge >= 0.3 is 6.03 Å². The van der Waals surface area contributed by atoms with Crippen LogP contribution in [-0.4, -0.2) is 86.0 Å². The fourth-order valence-corrected chi connectivity index (χ4v) is 2.99. The van der Waals surface area contributed by atoms with Gasteiger partial charge in [0.2, 0.25) is 0 Å². The van der Waals surface area contributed by atoms with Crippen LogP contribution in [0.4, 0.5) is 10.5 Å². The highest BCUT2D eigenvalue weighted by molar-refractivity contribution is 5.97. The summed E-state index contributed by atoms with van der Waals surface area (Å²) in [7, 11) is 2.06. The van der Waals surface area contributed by atoms with Gasteiger partial charge in [-0.05, 0) is 25.2 Å². The standard InChI is InChI=1S/C17H25N5O2/c1-20-9-11-21(12-10-20)16(23)14-3-2-4-15(13-14)19-17(24)22-7-5-18-6-8-22/h2-4,13,18H,5-12H2,1H3,(H,19,24). The van der Waals surface area contributed by atoms with E-state index in [1.165, 1.54) is 0 Å². The SMILES string of the molecule is CN1CCN(C(=O)c2cccc(NC(=O)N3CCNCC3)c2)CC1. The van der Waals surface area contributed by atoms with Gasteiger partial charge in [-0.1, -0.05) is 6.07 Å². The molecule has 0 saturated carbocycles. The Morgan fingerprint density at radius 2 is 1.71 bits per heavy atom. The van der Waals surface area contributed by atoms with Gasteiger partial charge < -0.3 is 25.3 Å². The Hall–Kier alpha value is -2.12. The van der Waals surface area contributed by atoms with Crippen LogP contribution in [0, 0.1) is 0 Å². The third kappa shape index (κ3) is 4.04. The molecule has 0 atom stereocenters. The minimum atomic E-state index is -0.110. The van der Waals surface area contributed by atoms with E-state index in [4.69, 9.17) is 0 Å². The summed E-state index contributed by atoms with van der Waals surface area (Å²) in [5, 5.41) is 6.12. The normalized spacial score (nSPS) is 19.2. The van der Waals surface area contributed by atoms with Crippen LogP contribution in [0.5, 0.6) is 0 Å². The van der Waals surface area contributed by atoms with Gasteiger partial charge in [0.15, 0.2) is 0 Å². The Bertz CT molecular complexity index is 592. The maximum absolute atomic E-state index is 12.6. The van der Waals surface area contributed by atoms with E-state index in [0.29, 0.717) is 24.3 Å². The Kier molecular flexibility index (Phi) is 5.32. The Labute approximate surface area is 142 Å². The predicted octanol–water partition coefficient (Wildman–Crippen LogP) is 0.511. The molecule has 1 aromatic rings. The maximum Gasteiger partial charge on any atom is 0.321 e. The molecule has 0 spiro atoms. The van der Waals surface area contributed by atoms with Gasteiger partial charge in [-0.2, -0.15) is 0 Å². The molecular formula is C17H25N5O2. The summed E-state index contributed by atoms with van der Waals surface area (Å²) in [6.07, 6.45) is 0. The van der Waals surface area contributed by atoms with E-state index in [2.05, 4.69) is 22.6 Å². The molecule has 2 aliphatic rings. The molecule has 0 radical (unpaired) electrons. The number of benzene rings is 1. The molecule has 0 aromatic heterocycles. The maximum atomic E-state index is 12.6. The quantitative estimate of drug-likeness (QED) is 0.829. The van der Waals surface area contributed by atoms with E-state index >= 15 is 0 Å². The molecule has 1 aromatic carbocycles. The molecule has 2 aliphatic heterocycles. The predicted molar refractivity (Wildman–Crippen MR) is 93.3 cm³/mol. The van der Waals surface area contributed by atoms with Crippen LogP contribution >= 0.6 is 0 Å². The number of nitrogens with one attached hydrogen (secondary N) is 2. The van der Waals surface area contributed by atoms with Gasteiger partial charge in [-0.15, -0.1) is 0 Å². The summed E-state index contributed by atoms with van der Waals surface area (Å²) in [5.74, 6) is 0.0290. The molecule has 2 heterocycles. The smallest absolute Gasteiger partial charge is 0.321 e. The Morgan fingerprint density at radius 1 is 1.00 bits per heavy atom. The van der Waals surface area contributed by atoms with Crippen LogP contribution in [0.1, 0.15) is 10.4 Å². The fourth-order valence-electron chi connectivity index (χ4n) is 2.99. The third-order valence-corrected chi connectivity index (χ3v) is 4.56. The highest BCUT2D eigenvalue weighted by atomic mass is 16.2. The molecule has 2 N–H and O–H groups in total. The van der Waals surface area contributed by atoms with Crippen molar-refractivity contribution in [2.75, 3.05) is 64.7 Å². The van der Waals surface area contributed by atoms with Crippen LogP contribution in [-0.2, 0) is 0 Å². The van der Waals surface area contributed by atoms with Gasteiger partial charge in [0.05, 0.1) is 0 Å². The number of piperazine rings is 2. The Balaban J connectivity index is 1.63. The van der Waals surface area contributed by atoms with Gasteiger partial charge in [-0.3, -0.25) is 4.79 Å². The van der Waals surface area contributed by atoms with E-state index in [1.807, 2.05) is 17.0 Å². The minimum Gasteiger partial charge on any atom is -0.336 e. The van der Waals surface area contributed by atoms with Gasteiger partial charge in [-0.25, -0.2) is 4.79 Å². The number of rotatable bonds is 2. The number of carbonyl (C=O) groups is 2. The molecule has 2 saturated heterocycles. The second-order valence-electron chi connectivity index (χ2n) is 6.34. The average Bonchev–Trinajstić information content (AvgIpc) is 2.63. The summed E-state index contributed by atoms with van der Waals surface area (Å²) in [5.41, 5.74) is 1.29. The molecule has 7 heteroatoms. The number of hydrogen-bond donors (Lipinski definition) is 2. The summed E-state index contributed by atoms with van der Waals surface area (Å²) >= 11 is 0. The zero-order chi connectivity index (χ0) is 16.9. The summed E-state index contributed by atoms with van der Waals surface area (Å²) in [4.78, 5) is 30.8. The van der Waals surface area contributed by atoms with Gasteiger partial charge in [0, 0.05) is 63.6 Å². The summed E-state index contributed by atoms with van der Waals surface area (Å²) < 4.78 is 0. The van der Waals surface area contributed by atoms with E-state index in [0.717, 1.165) is 39.3 Å². The molecule has 7 nitrogen and oxygen atoms in total. The number of urea groups is 1. The molecule has 3 rings (SSSR count). The van der Waals surface area contributed by atoms with E-state index in [-0.39, 0.29) is 11.9 Å². The first-order valence-electron chi connectivity index (χ1n) is 8.48. The lowest BCUT2D eigenvalue weighted by atomic mass is 10.1. The van der Waals surface area contributed by atoms with Crippen LogP contribution < -0.4 is 10.6 Å². The first-order valence-corrected chi connectivity index (χ1v) is 8.48. The fraction of sp³-hybridized carbons (Fsp3) is 0.529. The third-order valence-electron chi connectivity index (χ3n) is 4.56. The van der Waals surface area contributed by atoms with Crippen molar-refractivity contribution in [3.05, 3.63) is 29.8 Å². The minimum absolute atomic E-state index is 0.0290. The first-order chi connectivity index (χ1) is 11.6. The van der Waals surface area contributed by atoms with Crippen molar-refractivity contribution < 1.29 is 9.59 Å². The second kappa shape index (κ2) is 7.63. The average molecular weight is 331 g/mol. The topological polar surface area (TPSA) is 67.9 Å². The van der Waals surface area contributed by atoms with Crippen molar-refractivity contribution in [3.8, 4) is 0 Å². The largest absolute Gasteiger partial charge is 0.336 e. The van der Waals surface area contributed by atoms with E-state index < -0.39 is 0 Å². The summed E-state index contributed by atoms with van der Waals surface area (Å²) in [6.45, 7) is 6.30. The van der Waals surface area contributed by atoms with Crippen molar-refractivity contribution in [2.24, 2.45) is 0 Å². The number of carbonyl (C=O) groups excluding carboxylic acids is 2. The van der Waals surface area contributed by atoms with Crippen molar-refractivity contribution in [3.63, 3.8) is 0 Å². The van der Waals surface area contributed by atoms with Crippen LogP contribution in [0.15, 0.2) is 24.3 Å². The van der Waals surface area contributed by atoms with Crippen molar-refractivity contribution in [1.29, 1.82) is 0 Å². The molecule has 130 valence electrons. The van der Waals surface area contributed by atoms with Gasteiger partial charge in [0.25, 0.3) is 5.91 Å². The number of amides is 3. The van der Waals surface area contributed by atoms with Crippen LogP contribution in [0.25, 0.3) is 0 Å². The highest BCUT2D eigenvalue weighted by Crippen LogP contribution is 2.15. The lowest BCUT2D eigenvalue weighted by Gasteiger charge is -2.32. The van der Waals surface area contributed by atoms with E-state index in [1.54, 1.807) is 17.0 Å². The zero-order valence-electron chi connectivity index (χ0n) is 14.1. The first kappa shape index (κ1) is 16.7. The summed E-state index contributed by atoms with van der Waals surface area (Å²) in [6, 6.07) is 7.10. The number of anilines is 1. The molecule has 0 bridgehead atoms. The van der Waals surface area contributed by atoms with Crippen LogP contribution in [0.2, 0.25) is 0 Å². The molecule has 0 unspecified atom stereocenters. The number of likely N-dealkylation sites (N-methyl/N-ethyl adjacent to an activating group) is 1. The second-order valence-corrected chi connectivity index (χ2v) is 6.34. The highest BCUT2D eigenvalue weighted by Gasteiger charge is 2.21. The number of nitrogens with zero attached hydrogens (tertiary/aromatic N) is 3. The number of hydrogen-bond acceptors (Lipinski definition) is 4. The molecule has 2 fully saturated rings.